The summed E-state index contributed by atoms with van der Waals surface area (Å²) in [7, 11) is 0. The van der Waals surface area contributed by atoms with Crippen molar-refractivity contribution in [2.45, 2.75) is 93.9 Å². The van der Waals surface area contributed by atoms with E-state index in [-0.39, 0.29) is 21.7 Å². The van der Waals surface area contributed by atoms with Gasteiger partial charge >= 0.3 is 0 Å². The van der Waals surface area contributed by atoms with E-state index in [0.717, 1.165) is 0 Å². The molecule has 0 fully saturated rings. The highest BCUT2D eigenvalue weighted by molar-refractivity contribution is 8.06. The smallest absolute Gasteiger partial charge is 0.0978 e. The van der Waals surface area contributed by atoms with Crippen molar-refractivity contribution in [3.8, 4) is 0 Å². The van der Waals surface area contributed by atoms with Crippen LogP contribution in [0.5, 0.6) is 0 Å². The van der Waals surface area contributed by atoms with Crippen LogP contribution in [0, 0.1) is 10.8 Å². The maximum Gasteiger partial charge on any atom is 0.219 e. The number of rotatable bonds is 3. The Morgan fingerprint density at radius 1 is 0.606 bits per heavy atom. The number of hydrogen-bond donors (Lipinski definition) is 0. The number of hydrogen-bond acceptors (Lipinski definition) is 1. The Balaban J connectivity index is 2.32. The predicted molar refractivity (Wildman–Crippen MR) is 155 cm³/mol. The summed E-state index contributed by atoms with van der Waals surface area (Å²) in [4.78, 5) is 5.72. The Bertz CT molecular complexity index is 935. The van der Waals surface area contributed by atoms with E-state index in [0.29, 0.717) is 0 Å². The van der Waals surface area contributed by atoms with Gasteiger partial charge in [-0.3, -0.25) is 0 Å². The monoisotopic (exact) mass is 481 g/mol. The van der Waals surface area contributed by atoms with Gasteiger partial charge in [0.05, 0.1) is 0 Å². The minimum absolute atomic E-state index is 0.155. The first-order valence-electron chi connectivity index (χ1n) is 12.0. The van der Waals surface area contributed by atoms with Gasteiger partial charge in [0, 0.05) is 23.0 Å². The molecule has 0 aliphatic carbocycles. The molecule has 0 amide bonds. The van der Waals surface area contributed by atoms with Crippen molar-refractivity contribution in [3.05, 3.63) is 79.3 Å². The quantitative estimate of drug-likeness (QED) is 0.305. The maximum atomic E-state index is 2.35. The lowest BCUT2D eigenvalue weighted by Crippen LogP contribution is -2.14. The van der Waals surface area contributed by atoms with Crippen molar-refractivity contribution in [3.63, 3.8) is 0 Å². The summed E-state index contributed by atoms with van der Waals surface area (Å²) in [6.07, 6.45) is 15.6. The van der Waals surface area contributed by atoms with Crippen LogP contribution in [0.1, 0.15) is 98.4 Å². The second kappa shape index (κ2) is 10.1. The molecule has 2 rings (SSSR count). The molecule has 0 unspecified atom stereocenters. The first-order chi connectivity index (χ1) is 14.9. The van der Waals surface area contributed by atoms with Crippen molar-refractivity contribution < 1.29 is 0 Å². The zero-order chi connectivity index (χ0) is 25.2. The van der Waals surface area contributed by atoms with Crippen molar-refractivity contribution in [2.24, 2.45) is 10.8 Å². The summed E-state index contributed by atoms with van der Waals surface area (Å²) in [6.45, 7) is 27.6. The fourth-order valence-corrected chi connectivity index (χ4v) is 5.59. The summed E-state index contributed by atoms with van der Waals surface area (Å²) >= 11 is 3.88. The largest absolute Gasteiger partial charge is 0.219 e. The van der Waals surface area contributed by atoms with Crippen LogP contribution in [0.3, 0.4) is 0 Å². The van der Waals surface area contributed by atoms with Gasteiger partial charge in [-0.1, -0.05) is 125 Å². The molecule has 33 heavy (non-hydrogen) atoms. The number of allylic oxidation sites excluding steroid dienone is 9. The third-order valence-electron chi connectivity index (χ3n) is 5.39. The third-order valence-corrected chi connectivity index (χ3v) is 9.19. The molecule has 1 aliphatic heterocycles. The summed E-state index contributed by atoms with van der Waals surface area (Å²) in [5.74, 6) is 0. The molecule has 0 saturated carbocycles. The first kappa shape index (κ1) is 27.9. The molecule has 0 atom stereocenters. The highest BCUT2D eigenvalue weighted by Gasteiger charge is 2.31. The Hall–Kier alpha value is -1.38. The molecule has 180 valence electrons. The molecule has 0 nitrogen and oxygen atoms in total. The fraction of sp³-hybridized carbons (Fsp3) is 0.516. The van der Waals surface area contributed by atoms with Gasteiger partial charge in [0.1, 0.15) is 0 Å². The predicted octanol–water partition coefficient (Wildman–Crippen LogP) is 10.7. The van der Waals surface area contributed by atoms with E-state index in [1.807, 2.05) is 23.1 Å². The van der Waals surface area contributed by atoms with Gasteiger partial charge in [-0.2, -0.15) is 0 Å². The van der Waals surface area contributed by atoms with Gasteiger partial charge in [0.25, 0.3) is 0 Å². The van der Waals surface area contributed by atoms with E-state index in [4.69, 9.17) is 0 Å². The zero-order valence-electron chi connectivity index (χ0n) is 23.0. The van der Waals surface area contributed by atoms with Gasteiger partial charge in [-0.15, -0.1) is 0 Å². The maximum absolute atomic E-state index is 2.35. The van der Waals surface area contributed by atoms with Crippen molar-refractivity contribution >= 4 is 29.2 Å². The van der Waals surface area contributed by atoms with Crippen LogP contribution in [0.2, 0.25) is 0 Å². The van der Waals surface area contributed by atoms with Crippen molar-refractivity contribution in [1.82, 2.24) is 0 Å². The second-order valence-electron chi connectivity index (χ2n) is 13.1. The van der Waals surface area contributed by atoms with Crippen LogP contribution < -0.4 is 0 Å². The first-order valence-corrected chi connectivity index (χ1v) is 13.7. The third kappa shape index (κ3) is 8.41. The molecule has 0 aromatic carbocycles. The van der Waals surface area contributed by atoms with Crippen LogP contribution >= 0.6 is 23.1 Å². The molecule has 2 heterocycles. The van der Waals surface area contributed by atoms with Gasteiger partial charge in [0.2, 0.25) is 21.1 Å². The minimum atomic E-state index is 0.155. The Labute approximate surface area is 212 Å². The van der Waals surface area contributed by atoms with Gasteiger partial charge in [0.15, 0.2) is 0 Å². The van der Waals surface area contributed by atoms with Crippen molar-refractivity contribution in [1.29, 1.82) is 0 Å². The van der Waals surface area contributed by atoms with Gasteiger partial charge in [-0.25, -0.2) is 0 Å². The lowest BCUT2D eigenvalue weighted by atomic mass is 9.91. The molecule has 1 aromatic heterocycles. The van der Waals surface area contributed by atoms with Crippen LogP contribution in [-0.2, 0) is 10.8 Å². The number of thioether (sulfide) groups is 1. The zero-order valence-corrected chi connectivity index (χ0v) is 24.6. The average molecular weight is 482 g/mol. The summed E-state index contributed by atoms with van der Waals surface area (Å²) < 4.78 is 0. The molecular formula is C31H45S2+. The van der Waals surface area contributed by atoms with E-state index in [9.17, 15) is 0 Å². The van der Waals surface area contributed by atoms with Gasteiger partial charge in [-0.05, 0) is 43.9 Å². The van der Waals surface area contributed by atoms with Crippen LogP contribution in [0.4, 0.5) is 0 Å². The van der Waals surface area contributed by atoms with E-state index in [1.165, 1.54) is 30.7 Å². The fourth-order valence-electron chi connectivity index (χ4n) is 3.11. The van der Waals surface area contributed by atoms with Crippen LogP contribution in [0.25, 0.3) is 6.08 Å². The molecule has 0 radical (unpaired) electrons. The van der Waals surface area contributed by atoms with E-state index in [1.54, 1.807) is 0 Å². The highest BCUT2D eigenvalue weighted by atomic mass is 32.2. The van der Waals surface area contributed by atoms with E-state index < -0.39 is 0 Å². The lowest BCUT2D eigenvalue weighted by Gasteiger charge is -2.31. The summed E-state index contributed by atoms with van der Waals surface area (Å²) in [6, 6.07) is 4.69. The SMILES string of the molecule is CC(C)(C)C1=CC(=C/C=C/C=C/c2cc(C(C)(C)C)[s+]c(C(C)(C)C)c2)C=C(C(C)(C)C)S1. The second-order valence-corrected chi connectivity index (χ2v) is 15.3. The highest BCUT2D eigenvalue weighted by Crippen LogP contribution is 2.48. The van der Waals surface area contributed by atoms with Crippen molar-refractivity contribution in [2.75, 3.05) is 0 Å². The molecule has 1 aromatic rings. The standard InChI is InChI=1S/C31H45S2/c1-28(2,3)24-18-22(19-25(32-24)29(4,5)6)16-14-13-15-17-23-20-26(30(7,8)9)33-27(21-23)31(10,11)12/h13-21H,1-12H3/q+1. The van der Waals surface area contributed by atoms with Crippen LogP contribution in [0.15, 0.2) is 64.0 Å². The average Bonchev–Trinajstić information content (AvgIpc) is 2.64. The molecule has 2 heteroatoms. The molecule has 0 saturated heterocycles. The summed E-state index contributed by atoms with van der Waals surface area (Å²) in [5.41, 5.74) is 3.17. The molecule has 0 N–H and O–H groups in total. The molecule has 1 aliphatic rings. The summed E-state index contributed by atoms with van der Waals surface area (Å²) in [5, 5.41) is 0. The minimum Gasteiger partial charge on any atom is -0.0978 e. The molecule has 0 spiro atoms. The van der Waals surface area contributed by atoms with E-state index in [2.05, 4.69) is 138 Å². The Morgan fingerprint density at radius 2 is 1.06 bits per heavy atom. The molecule has 0 bridgehead atoms. The normalized spacial score (nSPS) is 16.4. The Morgan fingerprint density at radius 3 is 1.45 bits per heavy atom. The molecular weight excluding hydrogens is 436 g/mol. The Kier molecular flexibility index (Phi) is 8.51. The van der Waals surface area contributed by atoms with E-state index >= 15 is 0 Å². The lowest BCUT2D eigenvalue weighted by molar-refractivity contribution is 0.521. The topological polar surface area (TPSA) is 0 Å². The van der Waals surface area contributed by atoms with Crippen LogP contribution in [-0.4, -0.2) is 0 Å². The van der Waals surface area contributed by atoms with Gasteiger partial charge < -0.3 is 0 Å².